The first-order valence-electron chi connectivity index (χ1n) is 11.2. The van der Waals surface area contributed by atoms with Gasteiger partial charge in [-0.25, -0.2) is 17.6 Å². The third kappa shape index (κ3) is 6.45. The Morgan fingerprint density at radius 2 is 1.03 bits per heavy atom. The number of hydrogen-bond donors (Lipinski definition) is 0. The molecule has 4 rings (SSSR count). The average molecular weight is 552 g/mol. The van der Waals surface area contributed by atoms with Gasteiger partial charge in [-0.15, -0.1) is 0 Å². The molecule has 0 aromatic heterocycles. The van der Waals surface area contributed by atoms with Gasteiger partial charge in [0.2, 0.25) is 0 Å². The van der Waals surface area contributed by atoms with E-state index >= 15 is 0 Å². The third-order valence-electron chi connectivity index (χ3n) is 5.67. The van der Waals surface area contributed by atoms with Gasteiger partial charge in [0, 0.05) is 23.8 Å². The number of benzene rings is 4. The molecule has 10 heteroatoms. The van der Waals surface area contributed by atoms with Gasteiger partial charge in [-0.05, 0) is 47.4 Å². The lowest BCUT2D eigenvalue weighted by Crippen LogP contribution is -2.25. The third-order valence-corrected chi connectivity index (χ3v) is 5.67. The molecule has 0 aliphatic rings. The smallest absolute Gasteiger partial charge is 0.429 e. The molecule has 202 valence electrons. The van der Waals surface area contributed by atoms with E-state index in [-0.39, 0.29) is 23.8 Å². The van der Waals surface area contributed by atoms with Crippen LogP contribution in [0.2, 0.25) is 0 Å². The molecule has 0 fully saturated rings. The molecule has 0 amide bonds. The van der Waals surface area contributed by atoms with Gasteiger partial charge < -0.3 is 4.74 Å². The number of alkyl halides is 5. The fourth-order valence-corrected chi connectivity index (χ4v) is 3.78. The van der Waals surface area contributed by atoms with Crippen LogP contribution in [-0.2, 0) is 6.11 Å². The van der Waals surface area contributed by atoms with Crippen LogP contribution in [0, 0.1) is 30.2 Å². The van der Waals surface area contributed by atoms with E-state index in [9.17, 15) is 39.5 Å². The van der Waals surface area contributed by atoms with Gasteiger partial charge >= 0.3 is 12.3 Å². The number of allylic oxidation sites excluding steroid dienone is 1. The minimum absolute atomic E-state index is 0.0575. The van der Waals surface area contributed by atoms with Crippen molar-refractivity contribution in [3.05, 3.63) is 119 Å². The van der Waals surface area contributed by atoms with Crippen molar-refractivity contribution < 1.29 is 44.3 Å². The van der Waals surface area contributed by atoms with Gasteiger partial charge in [0.25, 0.3) is 0 Å². The van der Waals surface area contributed by atoms with Crippen LogP contribution in [-0.4, -0.2) is 6.18 Å². The topological polar surface area (TPSA) is 9.23 Å². The highest BCUT2D eigenvalue weighted by molar-refractivity contribution is 5.71. The predicted molar refractivity (Wildman–Crippen MR) is 128 cm³/mol. The average Bonchev–Trinajstić information content (AvgIpc) is 2.82. The van der Waals surface area contributed by atoms with Crippen molar-refractivity contribution in [2.24, 2.45) is 0 Å². The Labute approximate surface area is 216 Å². The molecule has 0 saturated carbocycles. The Morgan fingerprint density at radius 3 is 1.49 bits per heavy atom. The van der Waals surface area contributed by atoms with Crippen molar-refractivity contribution in [2.75, 3.05) is 0 Å². The van der Waals surface area contributed by atoms with E-state index in [1.165, 1.54) is 0 Å². The second-order valence-corrected chi connectivity index (χ2v) is 8.55. The van der Waals surface area contributed by atoms with Crippen LogP contribution < -0.4 is 4.74 Å². The summed E-state index contributed by atoms with van der Waals surface area (Å²) >= 11 is 0. The summed E-state index contributed by atoms with van der Waals surface area (Å²) in [4.78, 5) is 0. The van der Waals surface area contributed by atoms with Gasteiger partial charge in [0.05, 0.1) is 0 Å². The molecule has 4 aromatic carbocycles. The molecule has 1 nitrogen and oxygen atoms in total. The monoisotopic (exact) mass is 552 g/mol. The second kappa shape index (κ2) is 10.5. The molecule has 0 spiro atoms. The predicted octanol–water partition coefficient (Wildman–Crippen LogP) is 9.59. The first-order chi connectivity index (χ1) is 18.2. The summed E-state index contributed by atoms with van der Waals surface area (Å²) in [6, 6.07) is 15.8. The normalized spacial score (nSPS) is 12.3. The SMILES string of the molecule is Cc1ccc(-c2ccc(-c3cc(F)c(C(F)(F)Oc4cc(F)c(/C=C/C(F)(F)F)c(F)c4)c(F)c3)cc2)cc1. The van der Waals surface area contributed by atoms with E-state index in [0.29, 0.717) is 17.7 Å². The number of rotatable bonds is 6. The summed E-state index contributed by atoms with van der Waals surface area (Å²) in [6.45, 7) is 1.93. The van der Waals surface area contributed by atoms with E-state index in [0.717, 1.165) is 16.7 Å². The van der Waals surface area contributed by atoms with E-state index in [2.05, 4.69) is 4.74 Å². The quantitative estimate of drug-likeness (QED) is 0.217. The summed E-state index contributed by atoms with van der Waals surface area (Å²) in [5, 5.41) is 0. The fraction of sp³-hybridized carbons (Fsp3) is 0.103. The number of aryl methyl sites for hydroxylation is 1. The first-order valence-corrected chi connectivity index (χ1v) is 11.2. The van der Waals surface area contributed by atoms with E-state index in [1.807, 2.05) is 31.2 Å². The Kier molecular flexibility index (Phi) is 7.50. The lowest BCUT2D eigenvalue weighted by Gasteiger charge is -2.20. The molecular weight excluding hydrogens is 535 g/mol. The molecule has 0 N–H and O–H groups in total. The van der Waals surface area contributed by atoms with Crippen LogP contribution in [0.1, 0.15) is 16.7 Å². The minimum atomic E-state index is -4.88. The van der Waals surface area contributed by atoms with Crippen LogP contribution in [0.25, 0.3) is 28.3 Å². The lowest BCUT2D eigenvalue weighted by atomic mass is 9.98. The van der Waals surface area contributed by atoms with Crippen LogP contribution in [0.3, 0.4) is 0 Å². The maximum Gasteiger partial charge on any atom is 0.432 e. The van der Waals surface area contributed by atoms with Crippen LogP contribution >= 0.6 is 0 Å². The Balaban J connectivity index is 1.59. The van der Waals surface area contributed by atoms with Crippen LogP contribution in [0.5, 0.6) is 5.75 Å². The maximum atomic E-state index is 14.7. The molecule has 39 heavy (non-hydrogen) atoms. The summed E-state index contributed by atoms with van der Waals surface area (Å²) in [6.07, 6.45) is -10.0. The van der Waals surface area contributed by atoms with Crippen molar-refractivity contribution in [3.8, 4) is 28.0 Å². The zero-order valence-electron chi connectivity index (χ0n) is 19.9. The largest absolute Gasteiger partial charge is 0.432 e. The van der Waals surface area contributed by atoms with Crippen molar-refractivity contribution in [2.45, 2.75) is 19.2 Å². The minimum Gasteiger partial charge on any atom is -0.429 e. The summed E-state index contributed by atoms with van der Waals surface area (Å²) < 4.78 is 128. The molecule has 0 heterocycles. The van der Waals surface area contributed by atoms with Gasteiger partial charge in [0.15, 0.2) is 0 Å². The molecule has 4 aromatic rings. The molecule has 0 radical (unpaired) electrons. The van der Waals surface area contributed by atoms with Crippen molar-refractivity contribution >= 4 is 6.08 Å². The Hall–Kier alpha value is -4.21. The highest BCUT2D eigenvalue weighted by Crippen LogP contribution is 2.38. The van der Waals surface area contributed by atoms with Crippen molar-refractivity contribution in [3.63, 3.8) is 0 Å². The zero-order chi connectivity index (χ0) is 28.5. The fourth-order valence-electron chi connectivity index (χ4n) is 3.78. The second-order valence-electron chi connectivity index (χ2n) is 8.55. The summed E-state index contributed by atoms with van der Waals surface area (Å²) in [5.41, 5.74) is 0.0589. The number of halogens is 9. The molecule has 0 atom stereocenters. The van der Waals surface area contributed by atoms with Crippen LogP contribution in [0.15, 0.2) is 78.9 Å². The highest BCUT2D eigenvalue weighted by atomic mass is 19.4. The van der Waals surface area contributed by atoms with E-state index in [4.69, 9.17) is 0 Å². The standard InChI is InChI=1S/C29H17F9O/c1-16-2-4-17(5-3-16)18-6-8-19(9-7-18)20-12-25(32)27(26(33)13-20)29(37,38)39-21-14-23(30)22(24(31)15-21)10-11-28(34,35)36/h2-15H,1H3/b11-10+. The highest BCUT2D eigenvalue weighted by Gasteiger charge is 2.41. The van der Waals surface area contributed by atoms with E-state index < -0.39 is 58.5 Å². The molecule has 0 unspecified atom stereocenters. The maximum absolute atomic E-state index is 14.7. The van der Waals surface area contributed by atoms with Crippen molar-refractivity contribution in [1.82, 2.24) is 0 Å². The molecule has 0 bridgehead atoms. The van der Waals surface area contributed by atoms with Crippen molar-refractivity contribution in [1.29, 1.82) is 0 Å². The Bertz CT molecular complexity index is 1470. The van der Waals surface area contributed by atoms with Crippen LogP contribution in [0.4, 0.5) is 39.5 Å². The molecular formula is C29H17F9O. The van der Waals surface area contributed by atoms with Gasteiger partial charge in [-0.3, -0.25) is 0 Å². The first kappa shape index (κ1) is 27.8. The summed E-state index contributed by atoms with van der Waals surface area (Å²) in [5.74, 6) is -7.90. The number of ether oxygens (including phenoxy) is 1. The lowest BCUT2D eigenvalue weighted by molar-refractivity contribution is -0.189. The molecule has 0 aliphatic heterocycles. The van der Waals surface area contributed by atoms with Gasteiger partial charge in [0.1, 0.15) is 34.6 Å². The van der Waals surface area contributed by atoms with Gasteiger partial charge in [-0.1, -0.05) is 54.1 Å². The molecule has 0 aliphatic carbocycles. The number of hydrogen-bond acceptors (Lipinski definition) is 1. The van der Waals surface area contributed by atoms with E-state index in [1.54, 1.807) is 24.3 Å². The molecule has 0 saturated heterocycles. The Morgan fingerprint density at radius 1 is 0.590 bits per heavy atom. The summed E-state index contributed by atoms with van der Waals surface area (Å²) in [7, 11) is 0. The van der Waals surface area contributed by atoms with Gasteiger partial charge in [-0.2, -0.15) is 22.0 Å². The zero-order valence-corrected chi connectivity index (χ0v) is 19.9.